The van der Waals surface area contributed by atoms with Crippen LogP contribution in [0, 0.1) is 11.3 Å². The van der Waals surface area contributed by atoms with Gasteiger partial charge in [0.15, 0.2) is 0 Å². The molecule has 5 heterocycles. The molecule has 0 atom stereocenters. The molecule has 88 heavy (non-hydrogen) atoms. The highest BCUT2D eigenvalue weighted by Gasteiger charge is 2.48. The highest BCUT2D eigenvalue weighted by molar-refractivity contribution is 7.00. The molecule has 0 bridgehead atoms. The van der Waals surface area contributed by atoms with Crippen LogP contribution in [0.2, 0.25) is 0 Å². The van der Waals surface area contributed by atoms with Crippen LogP contribution < -0.4 is 31.1 Å². The van der Waals surface area contributed by atoms with Gasteiger partial charge in [0.1, 0.15) is 11.2 Å². The maximum absolute atomic E-state index is 11.5. The summed E-state index contributed by atoms with van der Waals surface area (Å²) in [5, 5.41) is 16.2. The molecule has 0 N–H and O–H groups in total. The van der Waals surface area contributed by atoms with Crippen LogP contribution >= 0.6 is 0 Å². The van der Waals surface area contributed by atoms with Gasteiger partial charge in [0.05, 0.1) is 39.7 Å². The number of anilines is 9. The van der Waals surface area contributed by atoms with Gasteiger partial charge >= 0.3 is 0 Å². The molecule has 15 rings (SSSR count). The van der Waals surface area contributed by atoms with Crippen LogP contribution in [0.25, 0.3) is 60.6 Å². The van der Waals surface area contributed by atoms with Crippen molar-refractivity contribution in [1.29, 1.82) is 5.26 Å². The topological polar surface area (TPSA) is 51.6 Å². The molecule has 0 saturated carbocycles. The summed E-state index contributed by atoms with van der Waals surface area (Å²) in [7, 11) is 0. The van der Waals surface area contributed by atoms with Crippen molar-refractivity contribution in [1.82, 2.24) is 4.57 Å². The second kappa shape index (κ2) is 18.9. The van der Waals surface area contributed by atoms with E-state index in [1.165, 1.54) is 66.0 Å². The number of furan rings is 1. The van der Waals surface area contributed by atoms with Gasteiger partial charge in [-0.15, -0.1) is 0 Å². The second-order valence-corrected chi connectivity index (χ2v) is 30.3. The van der Waals surface area contributed by atoms with Gasteiger partial charge in [0.2, 0.25) is 0 Å². The van der Waals surface area contributed by atoms with Gasteiger partial charge in [0.25, 0.3) is 6.71 Å². The van der Waals surface area contributed by atoms with Crippen LogP contribution in [-0.2, 0) is 27.1 Å². The van der Waals surface area contributed by atoms with Crippen molar-refractivity contribution >= 4 is 118 Å². The van der Waals surface area contributed by atoms with Crippen LogP contribution in [0.4, 0.5) is 51.2 Å². The van der Waals surface area contributed by atoms with E-state index in [0.717, 1.165) is 89.9 Å². The number of hydrogen-bond acceptors (Lipinski definition) is 5. The Morgan fingerprint density at radius 1 is 0.420 bits per heavy atom. The minimum Gasteiger partial charge on any atom is -0.455 e. The third-order valence-corrected chi connectivity index (χ3v) is 19.3. The minimum atomic E-state index is -0.210. The van der Waals surface area contributed by atoms with E-state index in [1.807, 2.05) is 6.07 Å². The van der Waals surface area contributed by atoms with Gasteiger partial charge in [-0.3, -0.25) is 0 Å². The van der Waals surface area contributed by atoms with Crippen molar-refractivity contribution in [2.24, 2.45) is 0 Å². The van der Waals surface area contributed by atoms with E-state index in [1.54, 1.807) is 0 Å². The lowest BCUT2D eigenvalue weighted by Crippen LogP contribution is -2.62. The van der Waals surface area contributed by atoms with Gasteiger partial charge in [-0.05, 0) is 174 Å². The lowest BCUT2D eigenvalue weighted by atomic mass is 9.33. The van der Waals surface area contributed by atoms with Crippen LogP contribution in [0.1, 0.15) is 137 Å². The second-order valence-electron chi connectivity index (χ2n) is 30.3. The lowest BCUT2D eigenvalue weighted by molar-refractivity contribution is 0.590. The van der Waals surface area contributed by atoms with Gasteiger partial charge < -0.3 is 23.7 Å². The predicted octanol–water partition coefficient (Wildman–Crippen LogP) is 20.6. The number of rotatable bonds is 5. The molecule has 6 nitrogen and oxygen atoms in total. The zero-order chi connectivity index (χ0) is 61.5. The fourth-order valence-electron chi connectivity index (χ4n) is 14.3. The largest absolute Gasteiger partial charge is 0.455 e. The Hall–Kier alpha value is -9.25. The summed E-state index contributed by atoms with van der Waals surface area (Å²) < 4.78 is 9.23. The molecular formula is C81H76BN5O. The van der Waals surface area contributed by atoms with E-state index in [4.69, 9.17) is 4.42 Å². The van der Waals surface area contributed by atoms with Crippen molar-refractivity contribution in [2.75, 3.05) is 14.7 Å². The molecule has 2 aromatic heterocycles. The van der Waals surface area contributed by atoms with E-state index < -0.39 is 0 Å². The Bertz CT molecular complexity index is 4880. The van der Waals surface area contributed by atoms with Gasteiger partial charge in [-0.2, -0.15) is 5.26 Å². The Morgan fingerprint density at radius 2 is 0.977 bits per heavy atom. The average Bonchev–Trinajstić information content (AvgIpc) is 1.08. The number of benzene rings is 10. The summed E-state index contributed by atoms with van der Waals surface area (Å²) >= 11 is 0. The zero-order valence-electron chi connectivity index (χ0n) is 53.6. The van der Waals surface area contributed by atoms with Crippen LogP contribution in [0.3, 0.4) is 0 Å². The zero-order valence-corrected chi connectivity index (χ0v) is 53.6. The summed E-state index contributed by atoms with van der Waals surface area (Å²) in [6, 6.07) is 73.4. The van der Waals surface area contributed by atoms with Crippen molar-refractivity contribution in [3.8, 4) is 22.9 Å². The van der Waals surface area contributed by atoms with Crippen molar-refractivity contribution in [3.63, 3.8) is 0 Å². The monoisotopic (exact) mass is 1150 g/mol. The number of aromatic nitrogens is 1. The number of para-hydroxylation sites is 2. The summed E-state index contributed by atoms with van der Waals surface area (Å²) in [6.45, 7) is 34.4. The average molecular weight is 1150 g/mol. The molecule has 434 valence electrons. The molecule has 0 amide bonds. The number of hydrogen-bond donors (Lipinski definition) is 0. The first-order valence-corrected chi connectivity index (χ1v) is 31.4. The molecule has 0 aliphatic carbocycles. The maximum atomic E-state index is 11.5. The molecular weight excluding hydrogens is 1070 g/mol. The Kier molecular flexibility index (Phi) is 11.9. The highest BCUT2D eigenvalue weighted by atomic mass is 16.3. The molecule has 3 aliphatic heterocycles. The Labute approximate surface area is 519 Å². The van der Waals surface area contributed by atoms with E-state index >= 15 is 0 Å². The van der Waals surface area contributed by atoms with Gasteiger partial charge in [0, 0.05) is 66.9 Å². The Balaban J connectivity index is 1.03. The first kappa shape index (κ1) is 55.3. The number of fused-ring (bicyclic) bond motifs is 12. The summed E-state index contributed by atoms with van der Waals surface area (Å²) in [5.74, 6) is 0. The van der Waals surface area contributed by atoms with Gasteiger partial charge in [-0.1, -0.05) is 195 Å². The summed E-state index contributed by atoms with van der Waals surface area (Å²) in [4.78, 5) is 7.44. The van der Waals surface area contributed by atoms with Crippen molar-refractivity contribution < 1.29 is 4.42 Å². The third-order valence-electron chi connectivity index (χ3n) is 19.3. The minimum absolute atomic E-state index is 0.0149. The molecule has 7 heteroatoms. The fraction of sp³-hybridized carbons (Fsp3) is 0.247. The SMILES string of the molecule is CC(C)(C)c1ccc(N(c2ccc(C(C)(C)C)cc2)c2ccc3c(c2)N(c2ccc(-c4cccc5c4oc4ccccc45)cc2)c2cc(C#N)cc4c2B3c2cc(C(C)(C)C)cc3c2N4c2cc(C(C)(C)C)cc4c5cc(C(C)(C)C)ccc5n-3c24)cc1. The molecule has 0 radical (unpaired) electrons. The number of nitriles is 1. The van der Waals surface area contributed by atoms with Crippen LogP contribution in [0.15, 0.2) is 192 Å². The third kappa shape index (κ3) is 8.49. The fourth-order valence-corrected chi connectivity index (χ4v) is 14.3. The van der Waals surface area contributed by atoms with E-state index in [9.17, 15) is 5.26 Å². The van der Waals surface area contributed by atoms with Crippen LogP contribution in [0.5, 0.6) is 0 Å². The lowest BCUT2D eigenvalue weighted by Gasteiger charge is -2.47. The highest BCUT2D eigenvalue weighted by Crippen LogP contribution is 2.55. The van der Waals surface area contributed by atoms with Crippen molar-refractivity contribution in [3.05, 3.63) is 221 Å². The summed E-state index contributed by atoms with van der Waals surface area (Å²) in [6.07, 6.45) is 0. The normalized spacial score (nSPS) is 13.8. The van der Waals surface area contributed by atoms with Gasteiger partial charge in [-0.25, -0.2) is 0 Å². The predicted molar refractivity (Wildman–Crippen MR) is 374 cm³/mol. The molecule has 0 unspecified atom stereocenters. The molecule has 10 aromatic carbocycles. The Morgan fingerprint density at radius 3 is 1.60 bits per heavy atom. The summed E-state index contributed by atoms with van der Waals surface area (Å²) in [5.41, 5.74) is 27.2. The molecule has 3 aliphatic rings. The van der Waals surface area contributed by atoms with Crippen LogP contribution in [-0.4, -0.2) is 11.3 Å². The van der Waals surface area contributed by atoms with E-state index in [-0.39, 0.29) is 33.8 Å². The quantitative estimate of drug-likeness (QED) is 0.161. The number of nitrogens with zero attached hydrogens (tertiary/aromatic N) is 5. The van der Waals surface area contributed by atoms with Crippen molar-refractivity contribution in [2.45, 2.75) is 131 Å². The van der Waals surface area contributed by atoms with E-state index in [0.29, 0.717) is 5.56 Å². The molecule has 12 aromatic rings. The smallest absolute Gasteiger partial charge is 0.252 e. The standard InChI is InChI=1S/C81H76BN5O/c1-77(2,3)50-25-32-55(33-26-50)84(56-34-27-51(28-35-56)78(4,5)6)58-36-37-64-67(46-58)85(57-30-23-49(24-31-57)59-20-18-21-61-60-19-16-17-22-72(60)88-76(59)61)68-39-48(47-83)40-69-73(68)82(64)65-43-54(81(13,14)15)45-71-75(65)87(69)70-44-53(80(10,11)12)42-63-62-41-52(79(7,8)9)29-38-66(62)86(71)74(63)70/h16-46H,1-15H3. The first-order valence-electron chi connectivity index (χ1n) is 31.4. The molecule has 0 saturated heterocycles. The maximum Gasteiger partial charge on any atom is 0.252 e. The van der Waals surface area contributed by atoms with E-state index in [2.05, 4.69) is 311 Å². The molecule has 0 fully saturated rings. The molecule has 0 spiro atoms. The first-order chi connectivity index (χ1) is 41.7.